The van der Waals surface area contributed by atoms with Gasteiger partial charge in [0.05, 0.1) is 25.4 Å². The lowest BCUT2D eigenvalue weighted by Gasteiger charge is -2.14. The van der Waals surface area contributed by atoms with Gasteiger partial charge in [-0.15, -0.1) is 0 Å². The lowest BCUT2D eigenvalue weighted by atomic mass is 10.0. The zero-order valence-electron chi connectivity index (χ0n) is 13.5. The topological polar surface area (TPSA) is 55.9 Å². The molecule has 1 aromatic carbocycles. The largest absolute Gasteiger partial charge is 0.389 e. The number of halogens is 3. The summed E-state index contributed by atoms with van der Waals surface area (Å²) in [6.45, 7) is 1.73. The van der Waals surface area contributed by atoms with Crippen molar-refractivity contribution >= 4 is 15.9 Å². The molecule has 3 rings (SSSR count). The summed E-state index contributed by atoms with van der Waals surface area (Å²) in [6.07, 6.45) is 4.28. The molecular weight excluding hydrogens is 394 g/mol. The Morgan fingerprint density at radius 1 is 1.36 bits per heavy atom. The molecule has 1 atom stereocenters. The summed E-state index contributed by atoms with van der Waals surface area (Å²) in [5.74, 6) is 0.203. The summed E-state index contributed by atoms with van der Waals surface area (Å²) >= 11 is 3.44. The summed E-state index contributed by atoms with van der Waals surface area (Å²) in [7, 11) is 0. The van der Waals surface area contributed by atoms with Crippen LogP contribution >= 0.6 is 15.9 Å². The monoisotopic (exact) mass is 410 g/mol. The number of aliphatic hydroxyl groups excluding tert-OH is 1. The normalized spacial score (nSPS) is 12.5. The van der Waals surface area contributed by atoms with Crippen LogP contribution in [-0.4, -0.2) is 31.1 Å². The predicted molar refractivity (Wildman–Crippen MR) is 93.3 cm³/mol. The second kappa shape index (κ2) is 7.45. The van der Waals surface area contributed by atoms with E-state index < -0.39 is 18.6 Å². The summed E-state index contributed by atoms with van der Waals surface area (Å²) in [6, 6.07) is 4.27. The predicted octanol–water partition coefficient (Wildman–Crippen LogP) is 3.72. The van der Waals surface area contributed by atoms with Crippen LogP contribution in [0.15, 0.2) is 41.4 Å². The average molecular weight is 411 g/mol. The van der Waals surface area contributed by atoms with E-state index in [1.54, 1.807) is 36.3 Å². The van der Waals surface area contributed by atoms with E-state index in [0.29, 0.717) is 28.1 Å². The number of benzene rings is 1. The summed E-state index contributed by atoms with van der Waals surface area (Å²) < 4.78 is 30.2. The van der Waals surface area contributed by atoms with Crippen molar-refractivity contribution < 1.29 is 13.9 Å². The number of nitrogens with zero attached hydrogens (tertiary/aromatic N) is 4. The third-order valence-corrected chi connectivity index (χ3v) is 4.82. The minimum atomic E-state index is -0.824. The highest BCUT2D eigenvalue weighted by Gasteiger charge is 2.17. The molecule has 5 nitrogen and oxygen atoms in total. The number of hydrogen-bond donors (Lipinski definition) is 1. The second-order valence-electron chi connectivity index (χ2n) is 5.66. The number of imidazole rings is 1. The smallest absolute Gasteiger partial charge is 0.140 e. The fraction of sp³-hybridized carbons (Fsp3) is 0.294. The van der Waals surface area contributed by atoms with Crippen molar-refractivity contribution in [2.45, 2.75) is 26.1 Å². The first-order chi connectivity index (χ1) is 12.0. The van der Waals surface area contributed by atoms with Crippen LogP contribution in [0.2, 0.25) is 0 Å². The summed E-state index contributed by atoms with van der Waals surface area (Å²) in [5.41, 5.74) is 2.00. The van der Waals surface area contributed by atoms with Crippen LogP contribution in [0.5, 0.6) is 0 Å². The fourth-order valence-electron chi connectivity index (χ4n) is 2.70. The molecule has 0 spiro atoms. The van der Waals surface area contributed by atoms with Crippen molar-refractivity contribution in [3.8, 4) is 11.4 Å². The SMILES string of the molecule is CC(O)c1cc(F)ccc1-c1nccn1Cc1cnn(CCF)c1Br. The van der Waals surface area contributed by atoms with Gasteiger partial charge in [-0.05, 0) is 46.6 Å². The van der Waals surface area contributed by atoms with E-state index in [1.807, 2.05) is 4.57 Å². The fourth-order valence-corrected chi connectivity index (χ4v) is 3.20. The van der Waals surface area contributed by atoms with Crippen molar-refractivity contribution in [3.05, 3.63) is 58.3 Å². The van der Waals surface area contributed by atoms with E-state index in [2.05, 4.69) is 26.0 Å². The lowest BCUT2D eigenvalue weighted by Crippen LogP contribution is -2.05. The van der Waals surface area contributed by atoms with Crippen molar-refractivity contribution in [2.75, 3.05) is 6.67 Å². The molecule has 8 heteroatoms. The average Bonchev–Trinajstić information content (AvgIpc) is 3.17. The van der Waals surface area contributed by atoms with Gasteiger partial charge >= 0.3 is 0 Å². The Morgan fingerprint density at radius 2 is 2.16 bits per heavy atom. The maximum absolute atomic E-state index is 13.5. The Kier molecular flexibility index (Phi) is 5.29. The Hall–Kier alpha value is -2.06. The molecule has 2 aromatic heterocycles. The molecule has 0 aliphatic rings. The van der Waals surface area contributed by atoms with Gasteiger partial charge in [0.1, 0.15) is 22.9 Å². The minimum Gasteiger partial charge on any atom is -0.389 e. The first-order valence-electron chi connectivity index (χ1n) is 7.76. The van der Waals surface area contributed by atoms with Crippen molar-refractivity contribution in [3.63, 3.8) is 0 Å². The molecule has 1 N–H and O–H groups in total. The zero-order valence-corrected chi connectivity index (χ0v) is 15.1. The van der Waals surface area contributed by atoms with E-state index in [1.165, 1.54) is 12.1 Å². The quantitative estimate of drug-likeness (QED) is 0.673. The van der Waals surface area contributed by atoms with Gasteiger partial charge in [0.15, 0.2) is 0 Å². The maximum atomic E-state index is 13.5. The number of aliphatic hydroxyl groups is 1. The molecule has 0 radical (unpaired) electrons. The standard InChI is InChI=1S/C17H17BrF2N4O/c1-11(25)15-8-13(20)2-3-14(15)17-21-5-7-23(17)10-12-9-22-24(6-4-19)16(12)18/h2-3,5,7-9,11,25H,4,6,10H2,1H3. The number of hydrogen-bond acceptors (Lipinski definition) is 3. The van der Waals surface area contributed by atoms with Gasteiger partial charge in [0.2, 0.25) is 0 Å². The Bertz CT molecular complexity index is 875. The Balaban J connectivity index is 1.97. The van der Waals surface area contributed by atoms with Gasteiger partial charge in [-0.2, -0.15) is 5.10 Å². The van der Waals surface area contributed by atoms with Crippen molar-refractivity contribution in [1.29, 1.82) is 0 Å². The van der Waals surface area contributed by atoms with Crippen molar-refractivity contribution in [1.82, 2.24) is 19.3 Å². The molecule has 0 aliphatic carbocycles. The van der Waals surface area contributed by atoms with Gasteiger partial charge in [0, 0.05) is 23.5 Å². The van der Waals surface area contributed by atoms with Crippen LogP contribution in [0, 0.1) is 5.82 Å². The lowest BCUT2D eigenvalue weighted by molar-refractivity contribution is 0.199. The van der Waals surface area contributed by atoms with Gasteiger partial charge in [-0.3, -0.25) is 4.68 Å². The first kappa shape index (κ1) is 17.8. The van der Waals surface area contributed by atoms with Crippen LogP contribution in [-0.2, 0) is 13.1 Å². The Morgan fingerprint density at radius 3 is 2.88 bits per heavy atom. The highest BCUT2D eigenvalue weighted by Crippen LogP contribution is 2.29. The summed E-state index contributed by atoms with van der Waals surface area (Å²) in [4.78, 5) is 4.36. The van der Waals surface area contributed by atoms with Crippen LogP contribution in [0.25, 0.3) is 11.4 Å². The van der Waals surface area contributed by atoms with Gasteiger partial charge in [-0.1, -0.05) is 0 Å². The molecule has 2 heterocycles. The second-order valence-corrected chi connectivity index (χ2v) is 6.41. The van der Waals surface area contributed by atoms with Gasteiger partial charge in [0.25, 0.3) is 0 Å². The van der Waals surface area contributed by atoms with Crippen molar-refractivity contribution in [2.24, 2.45) is 0 Å². The molecule has 0 bridgehead atoms. The number of rotatable bonds is 6. The van der Waals surface area contributed by atoms with E-state index in [4.69, 9.17) is 0 Å². The number of alkyl halides is 1. The minimum absolute atomic E-state index is 0.182. The van der Waals surface area contributed by atoms with E-state index in [9.17, 15) is 13.9 Å². The molecule has 0 amide bonds. The molecule has 25 heavy (non-hydrogen) atoms. The van der Waals surface area contributed by atoms with E-state index >= 15 is 0 Å². The molecule has 132 valence electrons. The molecule has 1 unspecified atom stereocenters. The highest BCUT2D eigenvalue weighted by atomic mass is 79.9. The molecule has 0 saturated carbocycles. The molecule has 0 fully saturated rings. The van der Waals surface area contributed by atoms with E-state index in [0.717, 1.165) is 5.56 Å². The third-order valence-electron chi connectivity index (χ3n) is 3.90. The zero-order chi connectivity index (χ0) is 18.0. The van der Waals surface area contributed by atoms with Gasteiger partial charge < -0.3 is 9.67 Å². The maximum Gasteiger partial charge on any atom is 0.140 e. The first-order valence-corrected chi connectivity index (χ1v) is 8.55. The highest BCUT2D eigenvalue weighted by molar-refractivity contribution is 9.10. The van der Waals surface area contributed by atoms with E-state index in [-0.39, 0.29) is 6.54 Å². The summed E-state index contributed by atoms with van der Waals surface area (Å²) in [5, 5.41) is 14.1. The molecular formula is C17H17BrF2N4O. The molecule has 0 aliphatic heterocycles. The Labute approximate surface area is 152 Å². The van der Waals surface area contributed by atoms with Crippen LogP contribution < -0.4 is 0 Å². The molecule has 0 saturated heterocycles. The third kappa shape index (κ3) is 3.64. The number of aromatic nitrogens is 4. The van der Waals surface area contributed by atoms with Crippen LogP contribution in [0.4, 0.5) is 8.78 Å². The van der Waals surface area contributed by atoms with Crippen LogP contribution in [0.1, 0.15) is 24.2 Å². The molecule has 3 aromatic rings. The van der Waals surface area contributed by atoms with Gasteiger partial charge in [-0.25, -0.2) is 13.8 Å². The van der Waals surface area contributed by atoms with Crippen LogP contribution in [0.3, 0.4) is 0 Å². The number of aryl methyl sites for hydroxylation is 1.